The summed E-state index contributed by atoms with van der Waals surface area (Å²) < 4.78 is 47.7. The number of hydrogen-bond acceptors (Lipinski definition) is 7. The molecule has 6 rings (SSSR count). The molecule has 0 unspecified atom stereocenters. The fourth-order valence-corrected chi connectivity index (χ4v) is 5.94. The lowest BCUT2D eigenvalue weighted by Crippen LogP contribution is -2.26. The summed E-state index contributed by atoms with van der Waals surface area (Å²) in [6, 6.07) is 20.0. The number of aromatic nitrogens is 3. The summed E-state index contributed by atoms with van der Waals surface area (Å²) in [4.78, 5) is 27.0. The summed E-state index contributed by atoms with van der Waals surface area (Å²) in [5.74, 6) is -0.428. The van der Waals surface area contributed by atoms with Gasteiger partial charge in [-0.15, -0.1) is 5.10 Å². The molecule has 0 aliphatic heterocycles. The topological polar surface area (TPSA) is 127 Å². The number of carbonyl (C=O) groups is 1. The van der Waals surface area contributed by atoms with E-state index in [9.17, 15) is 22.4 Å². The van der Waals surface area contributed by atoms with Crippen LogP contribution < -0.4 is 15.2 Å². The van der Waals surface area contributed by atoms with Crippen LogP contribution in [0, 0.1) is 19.7 Å². The fourth-order valence-electron chi connectivity index (χ4n) is 5.43. The normalized spacial score (nSPS) is 11.7. The number of fused-ring (bicyclic) bond motifs is 2. The Bertz CT molecular complexity index is 2330. The summed E-state index contributed by atoms with van der Waals surface area (Å²) >= 11 is 0. The van der Waals surface area contributed by atoms with Gasteiger partial charge in [0.15, 0.2) is 0 Å². The first kappa shape index (κ1) is 30.7. The number of carbonyl (C=O) groups excluding carboxylic acids is 1. The molecular formula is C34H30FN5O5S. The zero-order chi connectivity index (χ0) is 32.9. The van der Waals surface area contributed by atoms with Gasteiger partial charge in [-0.1, -0.05) is 47.2 Å². The van der Waals surface area contributed by atoms with Crippen molar-refractivity contribution in [1.29, 1.82) is 0 Å². The third kappa shape index (κ3) is 5.51. The molecule has 4 aromatic carbocycles. The SMILES string of the molecule is CNC(=O)c1c(-c2ccc(C)cc2)oc2cc(N(C)S(C)(=O)=O)c(-c3cc4c(=O)n(Cc5ccc(F)cc5)nnc4cc3C)cc12. The van der Waals surface area contributed by atoms with E-state index in [0.717, 1.165) is 16.1 Å². The molecule has 1 amide bonds. The molecule has 0 saturated carbocycles. The van der Waals surface area contributed by atoms with Crippen molar-refractivity contribution in [2.24, 2.45) is 0 Å². The van der Waals surface area contributed by atoms with Gasteiger partial charge in [-0.2, -0.15) is 0 Å². The summed E-state index contributed by atoms with van der Waals surface area (Å²) in [5, 5.41) is 11.7. The third-order valence-corrected chi connectivity index (χ3v) is 9.21. The molecule has 0 bridgehead atoms. The predicted octanol–water partition coefficient (Wildman–Crippen LogP) is 5.43. The highest BCUT2D eigenvalue weighted by Gasteiger charge is 2.26. The van der Waals surface area contributed by atoms with Gasteiger partial charge in [-0.25, -0.2) is 17.5 Å². The summed E-state index contributed by atoms with van der Waals surface area (Å²) in [6.07, 6.45) is 1.09. The molecule has 46 heavy (non-hydrogen) atoms. The van der Waals surface area contributed by atoms with E-state index in [2.05, 4.69) is 15.6 Å². The predicted molar refractivity (Wildman–Crippen MR) is 176 cm³/mol. The molecule has 0 fully saturated rings. The van der Waals surface area contributed by atoms with Crippen molar-refractivity contribution >= 4 is 43.5 Å². The van der Waals surface area contributed by atoms with E-state index in [1.54, 1.807) is 36.4 Å². The monoisotopic (exact) mass is 639 g/mol. The van der Waals surface area contributed by atoms with Crippen LogP contribution in [0.2, 0.25) is 0 Å². The second kappa shape index (κ2) is 11.5. The Hall–Kier alpha value is -5.36. The van der Waals surface area contributed by atoms with E-state index >= 15 is 0 Å². The highest BCUT2D eigenvalue weighted by Crippen LogP contribution is 2.42. The number of nitrogens with zero attached hydrogens (tertiary/aromatic N) is 4. The van der Waals surface area contributed by atoms with Crippen LogP contribution in [-0.2, 0) is 16.6 Å². The van der Waals surface area contributed by atoms with Gasteiger partial charge < -0.3 is 9.73 Å². The van der Waals surface area contributed by atoms with Gasteiger partial charge in [0.05, 0.1) is 29.4 Å². The molecule has 10 nitrogen and oxygen atoms in total. The van der Waals surface area contributed by atoms with Crippen molar-refractivity contribution < 1.29 is 22.0 Å². The molecule has 0 saturated heterocycles. The van der Waals surface area contributed by atoms with Crippen LogP contribution in [0.5, 0.6) is 0 Å². The van der Waals surface area contributed by atoms with Crippen LogP contribution in [0.4, 0.5) is 10.1 Å². The average Bonchev–Trinajstić information content (AvgIpc) is 3.40. The summed E-state index contributed by atoms with van der Waals surface area (Å²) in [5.41, 5.74) is 4.93. The van der Waals surface area contributed by atoms with E-state index < -0.39 is 21.4 Å². The van der Waals surface area contributed by atoms with Gasteiger partial charge in [-0.3, -0.25) is 13.9 Å². The van der Waals surface area contributed by atoms with Crippen LogP contribution in [-0.4, -0.2) is 49.7 Å². The van der Waals surface area contributed by atoms with Gasteiger partial charge in [0.1, 0.15) is 22.7 Å². The van der Waals surface area contributed by atoms with Gasteiger partial charge in [0.25, 0.3) is 11.5 Å². The minimum absolute atomic E-state index is 0.0750. The van der Waals surface area contributed by atoms with Crippen molar-refractivity contribution in [2.45, 2.75) is 20.4 Å². The first-order valence-electron chi connectivity index (χ1n) is 14.3. The van der Waals surface area contributed by atoms with Gasteiger partial charge in [-0.05, 0) is 60.9 Å². The number of amides is 1. The maximum absolute atomic E-state index is 13.7. The first-order chi connectivity index (χ1) is 21.8. The number of aryl methyl sites for hydroxylation is 2. The van der Waals surface area contributed by atoms with E-state index in [1.807, 2.05) is 38.1 Å². The Labute approximate surface area is 264 Å². The van der Waals surface area contributed by atoms with Gasteiger partial charge in [0.2, 0.25) is 10.0 Å². The Balaban J connectivity index is 1.62. The number of sulfonamides is 1. The van der Waals surface area contributed by atoms with Gasteiger partial charge in [0, 0.05) is 36.7 Å². The molecule has 0 radical (unpaired) electrons. The highest BCUT2D eigenvalue weighted by atomic mass is 32.2. The maximum atomic E-state index is 13.7. The largest absolute Gasteiger partial charge is 0.455 e. The Morgan fingerprint density at radius 2 is 1.65 bits per heavy atom. The lowest BCUT2D eigenvalue weighted by molar-refractivity contribution is 0.0964. The van der Waals surface area contributed by atoms with Gasteiger partial charge >= 0.3 is 0 Å². The van der Waals surface area contributed by atoms with Crippen LogP contribution in [0.3, 0.4) is 0 Å². The van der Waals surface area contributed by atoms with E-state index in [1.165, 1.54) is 30.9 Å². The second-order valence-corrected chi connectivity index (χ2v) is 13.2. The fraction of sp³-hybridized carbons (Fsp3) is 0.176. The number of anilines is 1. The van der Waals surface area contributed by atoms with Crippen molar-refractivity contribution in [3.05, 3.63) is 111 Å². The smallest absolute Gasteiger partial charge is 0.277 e. The lowest BCUT2D eigenvalue weighted by atomic mass is 9.94. The zero-order valence-electron chi connectivity index (χ0n) is 25.8. The highest BCUT2D eigenvalue weighted by molar-refractivity contribution is 7.92. The molecule has 0 aliphatic carbocycles. The second-order valence-electron chi connectivity index (χ2n) is 11.2. The summed E-state index contributed by atoms with van der Waals surface area (Å²) in [7, 11) is -0.789. The molecule has 0 atom stereocenters. The standard InChI is InChI=1S/C34H30FN5O5S/c1-19-6-10-22(11-7-19)32-31(33(41)36-3)27-16-25(29(17-30(27)45-32)39(4)46(5,43)44)24-15-26-28(14-20(24)2)37-38-40(34(26)42)18-21-8-12-23(35)13-9-21/h6-17H,18H2,1-5H3,(H,36,41). The number of halogens is 1. The molecule has 12 heteroatoms. The van der Waals surface area contributed by atoms with E-state index in [0.29, 0.717) is 61.3 Å². The first-order valence-corrected chi connectivity index (χ1v) is 16.2. The van der Waals surface area contributed by atoms with Crippen molar-refractivity contribution in [3.8, 4) is 22.5 Å². The molecule has 6 aromatic rings. The molecule has 0 spiro atoms. The van der Waals surface area contributed by atoms with Crippen molar-refractivity contribution in [2.75, 3.05) is 24.7 Å². The van der Waals surface area contributed by atoms with E-state index in [-0.39, 0.29) is 17.8 Å². The number of rotatable bonds is 7. The molecule has 234 valence electrons. The number of hydrogen-bond donors (Lipinski definition) is 1. The number of furan rings is 1. The lowest BCUT2D eigenvalue weighted by Gasteiger charge is -2.21. The Morgan fingerprint density at radius 1 is 0.978 bits per heavy atom. The van der Waals surface area contributed by atoms with Crippen molar-refractivity contribution in [1.82, 2.24) is 20.3 Å². The molecular weight excluding hydrogens is 609 g/mol. The minimum atomic E-state index is -3.75. The average molecular weight is 640 g/mol. The van der Waals surface area contributed by atoms with Crippen molar-refractivity contribution in [3.63, 3.8) is 0 Å². The quantitative estimate of drug-likeness (QED) is 0.247. The van der Waals surface area contributed by atoms with Crippen LogP contribution in [0.25, 0.3) is 44.3 Å². The molecule has 0 aliphatic rings. The third-order valence-electron chi connectivity index (χ3n) is 8.01. The van der Waals surface area contributed by atoms with E-state index in [4.69, 9.17) is 4.42 Å². The molecule has 1 N–H and O–H groups in total. The Kier molecular flexibility index (Phi) is 7.69. The number of nitrogens with one attached hydrogen (secondary N) is 1. The Morgan fingerprint density at radius 3 is 2.30 bits per heavy atom. The molecule has 2 aromatic heterocycles. The summed E-state index contributed by atoms with van der Waals surface area (Å²) in [6.45, 7) is 3.85. The minimum Gasteiger partial charge on any atom is -0.455 e. The van der Waals surface area contributed by atoms with Crippen LogP contribution >= 0.6 is 0 Å². The zero-order valence-corrected chi connectivity index (χ0v) is 26.6. The van der Waals surface area contributed by atoms with Crippen LogP contribution in [0.15, 0.2) is 82.0 Å². The maximum Gasteiger partial charge on any atom is 0.277 e. The molecule has 2 heterocycles. The number of benzene rings is 4. The van der Waals surface area contributed by atoms with Crippen LogP contribution in [0.1, 0.15) is 27.0 Å².